The minimum absolute atomic E-state index is 0. The zero-order chi connectivity index (χ0) is 35.7. The summed E-state index contributed by atoms with van der Waals surface area (Å²) in [5.74, 6) is 1.94. The van der Waals surface area contributed by atoms with Crippen molar-refractivity contribution in [2.45, 2.75) is 33.6 Å². The van der Waals surface area contributed by atoms with Crippen LogP contribution in [0.2, 0.25) is 0 Å². The molecule has 0 atom stereocenters. The van der Waals surface area contributed by atoms with Crippen LogP contribution >= 0.6 is 0 Å². The van der Waals surface area contributed by atoms with Crippen molar-refractivity contribution < 1.29 is 0 Å². The number of aromatic nitrogens is 4. The largest absolute Gasteiger partial charge is 0.309 e. The van der Waals surface area contributed by atoms with Gasteiger partial charge in [-0.15, -0.1) is 0 Å². The molecular weight excluding hydrogens is 657 g/mol. The first-order chi connectivity index (χ1) is 25.9. The molecular formula is C50H40N4. The molecule has 4 heteroatoms. The summed E-state index contributed by atoms with van der Waals surface area (Å²) in [4.78, 5) is 15.0. The van der Waals surface area contributed by atoms with E-state index in [1.807, 2.05) is 60.7 Å². The Morgan fingerprint density at radius 3 is 1.70 bits per heavy atom. The molecule has 54 heavy (non-hydrogen) atoms. The zero-order valence-electron chi connectivity index (χ0n) is 29.9. The van der Waals surface area contributed by atoms with Gasteiger partial charge in [0.2, 0.25) is 0 Å². The van der Waals surface area contributed by atoms with E-state index >= 15 is 0 Å². The molecule has 0 aliphatic heterocycles. The van der Waals surface area contributed by atoms with Crippen molar-refractivity contribution in [3.8, 4) is 62.1 Å². The minimum atomic E-state index is -0.122. The van der Waals surface area contributed by atoms with E-state index in [0.29, 0.717) is 17.5 Å². The first-order valence-corrected chi connectivity index (χ1v) is 18.2. The van der Waals surface area contributed by atoms with Gasteiger partial charge >= 0.3 is 0 Å². The standard InChI is InChI=1S/C49H36N4.CH4/c1-31-14-12-19-34(26-31)35-24-25-44-40(28-35)41-29-39-38-22-10-11-23-42(38)49(2,3)43(39)30-45(41)53(44)37-21-13-20-36(27-37)48-51-46(32-15-6-4-7-16-32)50-47(52-48)33-17-8-5-9-18-33;/h4-30H,1-3H3;1H4. The van der Waals surface area contributed by atoms with Crippen LogP contribution in [0.25, 0.3) is 83.9 Å². The van der Waals surface area contributed by atoms with E-state index in [2.05, 4.69) is 128 Å². The maximum atomic E-state index is 5.06. The molecule has 2 aromatic heterocycles. The Bertz CT molecular complexity index is 2810. The predicted octanol–water partition coefficient (Wildman–Crippen LogP) is 12.9. The third-order valence-corrected chi connectivity index (χ3v) is 10.9. The van der Waals surface area contributed by atoms with E-state index in [1.54, 1.807) is 0 Å². The maximum absolute atomic E-state index is 5.06. The highest BCUT2D eigenvalue weighted by Gasteiger charge is 2.36. The van der Waals surface area contributed by atoms with Crippen molar-refractivity contribution in [1.29, 1.82) is 0 Å². The van der Waals surface area contributed by atoms with Crippen molar-refractivity contribution in [3.63, 3.8) is 0 Å². The van der Waals surface area contributed by atoms with Crippen LogP contribution in [-0.2, 0) is 5.41 Å². The summed E-state index contributed by atoms with van der Waals surface area (Å²) in [6.07, 6.45) is 0. The minimum Gasteiger partial charge on any atom is -0.309 e. The fourth-order valence-corrected chi connectivity index (χ4v) is 8.22. The van der Waals surface area contributed by atoms with Gasteiger partial charge in [0.15, 0.2) is 17.5 Å². The highest BCUT2D eigenvalue weighted by molar-refractivity contribution is 6.12. The molecule has 1 aliphatic carbocycles. The van der Waals surface area contributed by atoms with Gasteiger partial charge < -0.3 is 4.57 Å². The molecule has 2 heterocycles. The monoisotopic (exact) mass is 696 g/mol. The van der Waals surface area contributed by atoms with Gasteiger partial charge in [0.25, 0.3) is 0 Å². The van der Waals surface area contributed by atoms with E-state index in [-0.39, 0.29) is 12.8 Å². The highest BCUT2D eigenvalue weighted by atomic mass is 15.0. The van der Waals surface area contributed by atoms with Gasteiger partial charge in [0.05, 0.1) is 11.0 Å². The molecule has 0 saturated carbocycles. The molecule has 0 fully saturated rings. The van der Waals surface area contributed by atoms with Crippen LogP contribution in [0.5, 0.6) is 0 Å². The Labute approximate surface area is 316 Å². The van der Waals surface area contributed by atoms with Gasteiger partial charge in [0, 0.05) is 38.6 Å². The van der Waals surface area contributed by atoms with Crippen LogP contribution in [0, 0.1) is 6.92 Å². The lowest BCUT2D eigenvalue weighted by Crippen LogP contribution is -2.14. The van der Waals surface area contributed by atoms with E-state index in [4.69, 9.17) is 15.0 Å². The van der Waals surface area contributed by atoms with Gasteiger partial charge in [-0.25, -0.2) is 15.0 Å². The lowest BCUT2D eigenvalue weighted by atomic mass is 9.82. The number of hydrogen-bond acceptors (Lipinski definition) is 3. The van der Waals surface area contributed by atoms with Crippen LogP contribution in [0.1, 0.15) is 38.0 Å². The molecule has 1 aliphatic rings. The van der Waals surface area contributed by atoms with Crippen molar-refractivity contribution in [3.05, 3.63) is 180 Å². The number of hydrogen-bond donors (Lipinski definition) is 0. The average molecular weight is 697 g/mol. The Kier molecular flexibility index (Phi) is 7.86. The fourth-order valence-electron chi connectivity index (χ4n) is 8.22. The molecule has 7 aromatic carbocycles. The summed E-state index contributed by atoms with van der Waals surface area (Å²) < 4.78 is 2.42. The van der Waals surface area contributed by atoms with Gasteiger partial charge in [-0.05, 0) is 76.7 Å². The number of aryl methyl sites for hydroxylation is 1. The smallest absolute Gasteiger partial charge is 0.164 e. The third kappa shape index (κ3) is 5.33. The number of rotatable bonds is 5. The second-order valence-corrected chi connectivity index (χ2v) is 14.6. The topological polar surface area (TPSA) is 43.6 Å². The Balaban J connectivity index is 0.00000384. The summed E-state index contributed by atoms with van der Waals surface area (Å²) in [5.41, 5.74) is 15.2. The molecule has 4 nitrogen and oxygen atoms in total. The molecule has 0 unspecified atom stereocenters. The number of nitrogens with zero attached hydrogens (tertiary/aromatic N) is 4. The Hall–Kier alpha value is -6.65. The third-order valence-electron chi connectivity index (χ3n) is 10.9. The Morgan fingerprint density at radius 1 is 0.426 bits per heavy atom. The Morgan fingerprint density at radius 2 is 1.00 bits per heavy atom. The SMILES string of the molecule is C.Cc1cccc(-c2ccc3c(c2)c2cc4c(cc2n3-c2cccc(-c3nc(-c5ccccc5)nc(-c5ccccc5)n3)c2)C(C)(C)c2ccccc2-4)c1. The van der Waals surface area contributed by atoms with Crippen molar-refractivity contribution in [2.24, 2.45) is 0 Å². The molecule has 0 saturated heterocycles. The van der Waals surface area contributed by atoms with Crippen LogP contribution in [0.4, 0.5) is 0 Å². The predicted molar refractivity (Wildman–Crippen MR) is 225 cm³/mol. The average Bonchev–Trinajstić information content (AvgIpc) is 3.65. The van der Waals surface area contributed by atoms with Gasteiger partial charge in [-0.3, -0.25) is 0 Å². The van der Waals surface area contributed by atoms with Gasteiger partial charge in [-0.2, -0.15) is 0 Å². The quantitative estimate of drug-likeness (QED) is 0.180. The van der Waals surface area contributed by atoms with Crippen molar-refractivity contribution >= 4 is 21.8 Å². The molecule has 0 spiro atoms. The molecule has 260 valence electrons. The van der Waals surface area contributed by atoms with E-state index in [9.17, 15) is 0 Å². The van der Waals surface area contributed by atoms with Gasteiger partial charge in [0.1, 0.15) is 0 Å². The molecule has 0 amide bonds. The van der Waals surface area contributed by atoms with Crippen LogP contribution in [-0.4, -0.2) is 19.5 Å². The fraction of sp³-hybridized carbons (Fsp3) is 0.100. The summed E-state index contributed by atoms with van der Waals surface area (Å²) in [6.45, 7) is 6.85. The van der Waals surface area contributed by atoms with E-state index < -0.39 is 0 Å². The number of benzene rings is 7. The van der Waals surface area contributed by atoms with Crippen LogP contribution in [0.3, 0.4) is 0 Å². The van der Waals surface area contributed by atoms with Crippen molar-refractivity contribution in [2.75, 3.05) is 0 Å². The highest BCUT2D eigenvalue weighted by Crippen LogP contribution is 2.51. The van der Waals surface area contributed by atoms with Crippen LogP contribution < -0.4 is 0 Å². The molecule has 0 radical (unpaired) electrons. The van der Waals surface area contributed by atoms with Gasteiger partial charge in [-0.1, -0.05) is 154 Å². The summed E-state index contributed by atoms with van der Waals surface area (Å²) in [7, 11) is 0. The lowest BCUT2D eigenvalue weighted by Gasteiger charge is -2.21. The molecule has 0 N–H and O–H groups in total. The summed E-state index contributed by atoms with van der Waals surface area (Å²) in [6, 6.07) is 58.4. The van der Waals surface area contributed by atoms with E-state index in [1.165, 1.54) is 55.2 Å². The molecule has 0 bridgehead atoms. The second-order valence-electron chi connectivity index (χ2n) is 14.6. The zero-order valence-corrected chi connectivity index (χ0v) is 29.9. The summed E-state index contributed by atoms with van der Waals surface area (Å²) >= 11 is 0. The lowest BCUT2D eigenvalue weighted by molar-refractivity contribution is 0.661. The first kappa shape index (κ1) is 33.2. The van der Waals surface area contributed by atoms with E-state index in [0.717, 1.165) is 27.9 Å². The second kappa shape index (κ2) is 12.8. The normalized spacial score (nSPS) is 12.7. The summed E-state index contributed by atoms with van der Waals surface area (Å²) in [5, 5.41) is 2.47. The van der Waals surface area contributed by atoms with Crippen LogP contribution in [0.15, 0.2) is 164 Å². The number of fused-ring (bicyclic) bond motifs is 6. The first-order valence-electron chi connectivity index (χ1n) is 18.2. The molecule has 10 rings (SSSR count). The van der Waals surface area contributed by atoms with Crippen molar-refractivity contribution in [1.82, 2.24) is 19.5 Å². The molecule has 9 aromatic rings. The maximum Gasteiger partial charge on any atom is 0.164 e.